The second kappa shape index (κ2) is 12.9. The number of nitrogens with zero attached hydrogens (tertiary/aromatic N) is 5. The van der Waals surface area contributed by atoms with Gasteiger partial charge in [0, 0.05) is 51.1 Å². The van der Waals surface area contributed by atoms with Crippen molar-refractivity contribution in [2.45, 2.75) is 116 Å². The van der Waals surface area contributed by atoms with Gasteiger partial charge in [-0.3, -0.25) is 4.79 Å². The first-order valence-corrected chi connectivity index (χ1v) is 19.8. The highest BCUT2D eigenvalue weighted by Crippen LogP contribution is 2.42. The number of alkyl halides is 2. The Morgan fingerprint density at radius 2 is 1.75 bits per heavy atom. The van der Waals surface area contributed by atoms with Crippen molar-refractivity contribution in [3.05, 3.63) is 24.0 Å². The molecule has 244 valence electrons. The summed E-state index contributed by atoms with van der Waals surface area (Å²) in [5.74, 6) is 0.149. The third kappa shape index (κ3) is 7.91. The summed E-state index contributed by atoms with van der Waals surface area (Å²) in [4.78, 5) is 36.6. The summed E-state index contributed by atoms with van der Waals surface area (Å²) in [5.41, 5.74) is 1.64. The van der Waals surface area contributed by atoms with E-state index in [4.69, 9.17) is 14.5 Å². The van der Waals surface area contributed by atoms with E-state index in [1.807, 2.05) is 21.7 Å². The Kier molecular flexibility index (Phi) is 9.60. The molecule has 0 spiro atoms. The average molecular weight is 634 g/mol. The molecular weight excluding hydrogens is 584 g/mol. The van der Waals surface area contributed by atoms with Crippen LogP contribution in [0.3, 0.4) is 0 Å². The maximum absolute atomic E-state index is 13.6. The van der Waals surface area contributed by atoms with Crippen LogP contribution in [0.5, 0.6) is 0 Å². The first-order valence-electron chi connectivity index (χ1n) is 16.1. The molecule has 2 fully saturated rings. The average Bonchev–Trinajstić information content (AvgIpc) is 3.69. The number of aromatic nitrogens is 2. The van der Waals surface area contributed by atoms with Crippen LogP contribution in [-0.2, 0) is 16.2 Å². The van der Waals surface area contributed by atoms with Gasteiger partial charge in [0.05, 0.1) is 24.5 Å². The molecule has 2 aromatic rings. The van der Waals surface area contributed by atoms with Gasteiger partial charge in [0.15, 0.2) is 0 Å². The SMILES string of the molecule is CC(C)(C)OC(=O)N(CC(F)F)CC1CCC(N2CN(C3CC3)C(=O)c3cnc4c(ccn4COCC[Si](C)(C)C)c32)CC1. The first-order chi connectivity index (χ1) is 20.7. The number of carbonyl (C=O) groups is 2. The van der Waals surface area contributed by atoms with Gasteiger partial charge in [-0.2, -0.15) is 0 Å². The zero-order valence-electron chi connectivity index (χ0n) is 27.2. The molecule has 2 aromatic heterocycles. The molecule has 0 aromatic carbocycles. The number of anilines is 1. The monoisotopic (exact) mass is 633 g/mol. The number of fused-ring (bicyclic) bond motifs is 3. The van der Waals surface area contributed by atoms with Crippen LogP contribution in [-0.4, -0.2) is 89.9 Å². The summed E-state index contributed by atoms with van der Waals surface area (Å²) < 4.78 is 40.2. The molecular formula is C32H49F2N5O4Si. The van der Waals surface area contributed by atoms with Crippen molar-refractivity contribution in [2.24, 2.45) is 5.92 Å². The predicted octanol–water partition coefficient (Wildman–Crippen LogP) is 6.79. The van der Waals surface area contributed by atoms with Crippen LogP contribution in [0.15, 0.2) is 18.5 Å². The fourth-order valence-electron chi connectivity index (χ4n) is 6.32. The van der Waals surface area contributed by atoms with Crippen molar-refractivity contribution in [2.75, 3.05) is 31.3 Å². The van der Waals surface area contributed by atoms with Gasteiger partial charge in [0.2, 0.25) is 0 Å². The van der Waals surface area contributed by atoms with Crippen molar-refractivity contribution in [1.82, 2.24) is 19.4 Å². The molecule has 12 heteroatoms. The van der Waals surface area contributed by atoms with Crippen LogP contribution in [0.2, 0.25) is 25.7 Å². The third-order valence-electron chi connectivity index (χ3n) is 8.80. The second-order valence-electron chi connectivity index (χ2n) is 15.0. The number of carbonyl (C=O) groups excluding carboxylic acids is 2. The number of ether oxygens (including phenoxy) is 2. The lowest BCUT2D eigenvalue weighted by Gasteiger charge is -2.45. The molecule has 1 aliphatic heterocycles. The van der Waals surface area contributed by atoms with Crippen molar-refractivity contribution in [3.8, 4) is 0 Å². The van der Waals surface area contributed by atoms with Gasteiger partial charge >= 0.3 is 6.09 Å². The fraction of sp³-hybridized carbons (Fsp3) is 0.719. The van der Waals surface area contributed by atoms with E-state index in [2.05, 4.69) is 24.5 Å². The van der Waals surface area contributed by atoms with Crippen LogP contribution in [0.1, 0.15) is 69.7 Å². The minimum Gasteiger partial charge on any atom is -0.444 e. The van der Waals surface area contributed by atoms with Crippen LogP contribution >= 0.6 is 0 Å². The van der Waals surface area contributed by atoms with Crippen LogP contribution in [0.25, 0.3) is 11.0 Å². The molecule has 44 heavy (non-hydrogen) atoms. The van der Waals surface area contributed by atoms with Crippen molar-refractivity contribution < 1.29 is 27.8 Å². The van der Waals surface area contributed by atoms with E-state index in [-0.39, 0.29) is 30.5 Å². The molecule has 0 saturated heterocycles. The van der Waals surface area contributed by atoms with Crippen LogP contribution in [0, 0.1) is 5.92 Å². The molecule has 2 amide bonds. The first kappa shape index (κ1) is 32.7. The zero-order valence-corrected chi connectivity index (χ0v) is 28.2. The molecule has 0 bridgehead atoms. The van der Waals surface area contributed by atoms with Gasteiger partial charge in [-0.25, -0.2) is 18.6 Å². The highest BCUT2D eigenvalue weighted by molar-refractivity contribution is 6.76. The molecule has 0 unspecified atom stereocenters. The van der Waals surface area contributed by atoms with E-state index in [1.165, 1.54) is 4.90 Å². The van der Waals surface area contributed by atoms with Gasteiger partial charge in [-0.1, -0.05) is 19.6 Å². The Morgan fingerprint density at radius 1 is 1.09 bits per heavy atom. The van der Waals surface area contributed by atoms with E-state index in [0.29, 0.717) is 25.6 Å². The van der Waals surface area contributed by atoms with Gasteiger partial charge in [0.25, 0.3) is 12.3 Å². The van der Waals surface area contributed by atoms with E-state index in [0.717, 1.165) is 61.3 Å². The number of rotatable bonds is 11. The summed E-state index contributed by atoms with van der Waals surface area (Å²) in [6.45, 7) is 13.5. The lowest BCUT2D eigenvalue weighted by molar-refractivity contribution is 0.00498. The number of hydrogen-bond acceptors (Lipinski definition) is 6. The number of halogens is 2. The minimum atomic E-state index is -2.62. The molecule has 2 aliphatic carbocycles. The molecule has 0 atom stereocenters. The zero-order chi connectivity index (χ0) is 31.8. The van der Waals surface area contributed by atoms with Gasteiger partial charge < -0.3 is 28.7 Å². The standard InChI is InChI=1S/C32H49F2N5O4Si/c1-32(2,3)43-31(41)37(19-27(33)34)18-22-7-9-23(10-8-22)38-20-39(24-11-12-24)30(40)26-17-35-29-25(28(26)38)13-14-36(29)21-42-15-16-44(4,5)6/h13-14,17,22-24,27H,7-12,15-16,18-21H2,1-6H3. The second-order valence-corrected chi connectivity index (χ2v) is 20.6. The Morgan fingerprint density at radius 3 is 2.36 bits per heavy atom. The Balaban J connectivity index is 1.32. The summed E-state index contributed by atoms with van der Waals surface area (Å²) in [6, 6.07) is 3.59. The van der Waals surface area contributed by atoms with E-state index in [1.54, 1.807) is 27.0 Å². The molecule has 0 N–H and O–H groups in total. The molecule has 5 rings (SSSR count). The van der Waals surface area contributed by atoms with Gasteiger partial charge in [-0.15, -0.1) is 0 Å². The molecule has 3 heterocycles. The molecule has 0 radical (unpaired) electrons. The maximum Gasteiger partial charge on any atom is 0.410 e. The van der Waals surface area contributed by atoms with Crippen molar-refractivity contribution in [1.29, 1.82) is 0 Å². The molecule has 3 aliphatic rings. The summed E-state index contributed by atoms with van der Waals surface area (Å²) in [5, 5.41) is 0.954. The quantitative estimate of drug-likeness (QED) is 0.200. The van der Waals surface area contributed by atoms with Crippen LogP contribution in [0.4, 0.5) is 19.3 Å². The normalized spacial score (nSPS) is 21.2. The lowest BCUT2D eigenvalue weighted by Crippen LogP contribution is -2.53. The topological polar surface area (TPSA) is 80.1 Å². The fourth-order valence-corrected chi connectivity index (χ4v) is 7.08. The Hall–Kier alpha value is -2.73. The van der Waals surface area contributed by atoms with Crippen molar-refractivity contribution >= 4 is 36.8 Å². The van der Waals surface area contributed by atoms with Crippen molar-refractivity contribution in [3.63, 3.8) is 0 Å². The Bertz CT molecular complexity index is 1330. The highest BCUT2D eigenvalue weighted by atomic mass is 28.3. The molecule has 2 saturated carbocycles. The smallest absolute Gasteiger partial charge is 0.410 e. The third-order valence-corrected chi connectivity index (χ3v) is 10.5. The van der Waals surface area contributed by atoms with Crippen LogP contribution < -0.4 is 4.90 Å². The van der Waals surface area contributed by atoms with E-state index < -0.39 is 32.7 Å². The minimum absolute atomic E-state index is 0.0426. The number of hydrogen-bond donors (Lipinski definition) is 0. The van der Waals surface area contributed by atoms with E-state index in [9.17, 15) is 18.4 Å². The Labute approximate surface area is 260 Å². The van der Waals surface area contributed by atoms with Gasteiger partial charge in [0.1, 0.15) is 18.0 Å². The molecule has 9 nitrogen and oxygen atoms in total. The highest BCUT2D eigenvalue weighted by Gasteiger charge is 2.42. The van der Waals surface area contributed by atoms with E-state index >= 15 is 0 Å². The lowest BCUT2D eigenvalue weighted by atomic mass is 9.84. The summed E-state index contributed by atoms with van der Waals surface area (Å²) >= 11 is 0. The van der Waals surface area contributed by atoms with Gasteiger partial charge in [-0.05, 0) is 77.3 Å². The number of amides is 2. The largest absolute Gasteiger partial charge is 0.444 e. The maximum atomic E-state index is 13.6. The summed E-state index contributed by atoms with van der Waals surface area (Å²) in [7, 11) is -1.19. The number of pyridine rings is 1. The predicted molar refractivity (Wildman–Crippen MR) is 170 cm³/mol. The summed E-state index contributed by atoms with van der Waals surface area (Å²) in [6.07, 6.45) is 5.75.